The van der Waals surface area contributed by atoms with Gasteiger partial charge in [0.05, 0.1) is 17.1 Å². The van der Waals surface area contributed by atoms with E-state index in [4.69, 9.17) is 4.74 Å². The van der Waals surface area contributed by atoms with Crippen LogP contribution in [0.1, 0.15) is 41.0 Å². The Labute approximate surface area is 181 Å². The lowest BCUT2D eigenvalue weighted by atomic mass is 10.0. The molecule has 0 aliphatic rings. The number of aryl methyl sites for hydroxylation is 1. The third-order valence-corrected chi connectivity index (χ3v) is 5.22. The summed E-state index contributed by atoms with van der Waals surface area (Å²) in [7, 11) is 0. The van der Waals surface area contributed by atoms with Gasteiger partial charge in [0.15, 0.2) is 12.4 Å². The van der Waals surface area contributed by atoms with Gasteiger partial charge in [0.2, 0.25) is 0 Å². The Kier molecular flexibility index (Phi) is 7.13. The number of pyridine rings is 1. The van der Waals surface area contributed by atoms with Crippen LogP contribution in [-0.2, 0) is 27.2 Å². The van der Waals surface area contributed by atoms with Crippen molar-refractivity contribution in [3.63, 3.8) is 0 Å². The number of para-hydroxylation sites is 1. The van der Waals surface area contributed by atoms with Crippen LogP contribution in [-0.4, -0.2) is 35.3 Å². The average Bonchev–Trinajstić information content (AvgIpc) is 2.77. The highest BCUT2D eigenvalue weighted by atomic mass is 16.5. The van der Waals surface area contributed by atoms with Crippen molar-refractivity contribution >= 4 is 28.6 Å². The van der Waals surface area contributed by atoms with Gasteiger partial charge in [-0.25, -0.2) is 4.79 Å². The first-order valence-corrected chi connectivity index (χ1v) is 10.3. The van der Waals surface area contributed by atoms with E-state index in [0.29, 0.717) is 29.3 Å². The smallest absolute Gasteiger partial charge is 0.339 e. The van der Waals surface area contributed by atoms with Gasteiger partial charge < -0.3 is 10.1 Å². The molecule has 1 amide bonds. The molecule has 160 valence electrons. The summed E-state index contributed by atoms with van der Waals surface area (Å²) in [5.41, 5.74) is 3.63. The van der Waals surface area contributed by atoms with E-state index in [1.54, 1.807) is 0 Å². The van der Waals surface area contributed by atoms with Crippen molar-refractivity contribution in [3.05, 3.63) is 77.0 Å². The highest BCUT2D eigenvalue weighted by Gasteiger charge is 2.21. The minimum absolute atomic E-state index is 0.160. The molecular formula is C25H26N2O4. The third kappa shape index (κ3) is 5.34. The van der Waals surface area contributed by atoms with E-state index in [1.165, 1.54) is 6.92 Å². The number of carbonyl (C=O) groups excluding carboxylic acids is 3. The normalized spacial score (nSPS) is 11.7. The quantitative estimate of drug-likeness (QED) is 0.565. The maximum atomic E-state index is 12.9. The number of benzene rings is 2. The lowest BCUT2D eigenvalue weighted by Crippen LogP contribution is -2.43. The van der Waals surface area contributed by atoms with Crippen molar-refractivity contribution in [1.29, 1.82) is 0 Å². The van der Waals surface area contributed by atoms with Gasteiger partial charge in [-0.2, -0.15) is 0 Å². The largest absolute Gasteiger partial charge is 0.452 e. The molecule has 3 aromatic rings. The molecule has 0 spiro atoms. The molecule has 31 heavy (non-hydrogen) atoms. The Balaban J connectivity index is 1.71. The fraction of sp³-hybridized carbons (Fsp3) is 0.280. The summed E-state index contributed by atoms with van der Waals surface area (Å²) in [6, 6.07) is 16.1. The number of aromatic nitrogens is 1. The van der Waals surface area contributed by atoms with E-state index in [2.05, 4.69) is 10.3 Å². The van der Waals surface area contributed by atoms with Crippen molar-refractivity contribution < 1.29 is 19.1 Å². The number of ether oxygens (including phenoxy) is 1. The summed E-state index contributed by atoms with van der Waals surface area (Å²) in [4.78, 5) is 41.8. The molecule has 1 heterocycles. The van der Waals surface area contributed by atoms with E-state index in [1.807, 2.05) is 68.4 Å². The highest BCUT2D eigenvalue weighted by molar-refractivity contribution is 6.05. The van der Waals surface area contributed by atoms with Gasteiger partial charge in [-0.3, -0.25) is 14.6 Å². The van der Waals surface area contributed by atoms with Crippen LogP contribution < -0.4 is 5.32 Å². The standard InChI is InChI=1S/C25H26N2O4/c1-4-20-16(2)24(19-12-8-9-13-21(19)26-20)25(30)31-15-23(29)27-22(17(3)28)14-18-10-6-5-7-11-18/h5-13,22H,4,14-15H2,1-3H3,(H,27,29). The van der Waals surface area contributed by atoms with Crippen LogP contribution in [0.4, 0.5) is 0 Å². The predicted octanol–water partition coefficient (Wildman–Crippen LogP) is 3.58. The molecule has 0 aliphatic carbocycles. The lowest BCUT2D eigenvalue weighted by Gasteiger charge is -2.17. The first-order valence-electron chi connectivity index (χ1n) is 10.3. The van der Waals surface area contributed by atoms with Gasteiger partial charge in [-0.15, -0.1) is 0 Å². The van der Waals surface area contributed by atoms with Crippen LogP contribution in [0.5, 0.6) is 0 Å². The molecule has 0 radical (unpaired) electrons. The van der Waals surface area contributed by atoms with Crippen LogP contribution in [0.25, 0.3) is 10.9 Å². The molecule has 2 aromatic carbocycles. The molecule has 3 rings (SSSR count). The molecule has 6 heteroatoms. The number of ketones is 1. The number of rotatable bonds is 8. The van der Waals surface area contributed by atoms with E-state index < -0.39 is 24.5 Å². The van der Waals surface area contributed by atoms with Crippen molar-refractivity contribution in [2.45, 2.75) is 39.7 Å². The van der Waals surface area contributed by atoms with Crippen LogP contribution in [0, 0.1) is 6.92 Å². The number of carbonyl (C=O) groups is 3. The average molecular weight is 418 g/mol. The second kappa shape index (κ2) is 9.98. The lowest BCUT2D eigenvalue weighted by molar-refractivity contribution is -0.128. The molecule has 0 bridgehead atoms. The zero-order valence-corrected chi connectivity index (χ0v) is 18.0. The summed E-state index contributed by atoms with van der Waals surface area (Å²) in [5, 5.41) is 3.36. The van der Waals surface area contributed by atoms with Gasteiger partial charge in [-0.05, 0) is 43.9 Å². The van der Waals surface area contributed by atoms with Crippen LogP contribution in [0.2, 0.25) is 0 Å². The van der Waals surface area contributed by atoms with Crippen molar-refractivity contribution in [2.24, 2.45) is 0 Å². The molecule has 0 aliphatic heterocycles. The Morgan fingerprint density at radius 1 is 1.03 bits per heavy atom. The van der Waals surface area contributed by atoms with E-state index in [-0.39, 0.29) is 5.78 Å². The SMILES string of the molecule is CCc1nc2ccccc2c(C(=O)OCC(=O)NC(Cc2ccccc2)C(C)=O)c1C. The van der Waals surface area contributed by atoms with Crippen molar-refractivity contribution in [1.82, 2.24) is 10.3 Å². The number of nitrogens with one attached hydrogen (secondary N) is 1. The summed E-state index contributed by atoms with van der Waals surface area (Å²) >= 11 is 0. The Bertz CT molecular complexity index is 1110. The Hall–Kier alpha value is -3.54. The van der Waals surface area contributed by atoms with E-state index in [0.717, 1.165) is 16.8 Å². The maximum Gasteiger partial charge on any atom is 0.339 e. The summed E-state index contributed by atoms with van der Waals surface area (Å²) in [6.07, 6.45) is 1.06. The molecular weight excluding hydrogens is 392 g/mol. The van der Waals surface area contributed by atoms with Crippen LogP contribution >= 0.6 is 0 Å². The number of fused-ring (bicyclic) bond motifs is 1. The fourth-order valence-corrected chi connectivity index (χ4v) is 3.55. The third-order valence-electron chi connectivity index (χ3n) is 5.22. The Morgan fingerprint density at radius 2 is 1.71 bits per heavy atom. The van der Waals surface area contributed by atoms with Crippen LogP contribution in [0.3, 0.4) is 0 Å². The van der Waals surface area contributed by atoms with Gasteiger partial charge in [0.1, 0.15) is 0 Å². The zero-order valence-electron chi connectivity index (χ0n) is 18.0. The molecule has 1 aromatic heterocycles. The first kappa shape index (κ1) is 22.2. The molecule has 6 nitrogen and oxygen atoms in total. The molecule has 1 unspecified atom stereocenters. The first-order chi connectivity index (χ1) is 14.9. The molecule has 0 fully saturated rings. The molecule has 1 atom stereocenters. The summed E-state index contributed by atoms with van der Waals surface area (Å²) < 4.78 is 5.32. The summed E-state index contributed by atoms with van der Waals surface area (Å²) in [5.74, 6) is -1.26. The second-order valence-electron chi connectivity index (χ2n) is 7.43. The molecule has 1 N–H and O–H groups in total. The number of Topliss-reactive ketones (excluding diaryl/α,β-unsaturated/α-hetero) is 1. The maximum absolute atomic E-state index is 12.9. The van der Waals surface area contributed by atoms with Gasteiger partial charge >= 0.3 is 5.97 Å². The summed E-state index contributed by atoms with van der Waals surface area (Å²) in [6.45, 7) is 4.77. The second-order valence-corrected chi connectivity index (χ2v) is 7.43. The predicted molar refractivity (Wildman–Crippen MR) is 119 cm³/mol. The molecule has 0 saturated heterocycles. The Morgan fingerprint density at radius 3 is 2.39 bits per heavy atom. The topological polar surface area (TPSA) is 85.4 Å². The number of nitrogens with zero attached hydrogens (tertiary/aromatic N) is 1. The van der Waals surface area contributed by atoms with Crippen molar-refractivity contribution in [2.75, 3.05) is 6.61 Å². The molecule has 0 saturated carbocycles. The number of amides is 1. The van der Waals surface area contributed by atoms with Gasteiger partial charge in [0, 0.05) is 11.1 Å². The van der Waals surface area contributed by atoms with Gasteiger partial charge in [0.25, 0.3) is 5.91 Å². The fourth-order valence-electron chi connectivity index (χ4n) is 3.55. The minimum atomic E-state index is -0.677. The van der Waals surface area contributed by atoms with E-state index >= 15 is 0 Å². The number of esters is 1. The number of hydrogen-bond acceptors (Lipinski definition) is 5. The van der Waals surface area contributed by atoms with E-state index in [9.17, 15) is 14.4 Å². The highest BCUT2D eigenvalue weighted by Crippen LogP contribution is 2.24. The minimum Gasteiger partial charge on any atom is -0.452 e. The van der Waals surface area contributed by atoms with Crippen LogP contribution in [0.15, 0.2) is 54.6 Å². The zero-order chi connectivity index (χ0) is 22.4. The van der Waals surface area contributed by atoms with Crippen molar-refractivity contribution in [3.8, 4) is 0 Å². The monoisotopic (exact) mass is 418 g/mol. The van der Waals surface area contributed by atoms with Gasteiger partial charge in [-0.1, -0.05) is 55.5 Å². The number of hydrogen-bond donors (Lipinski definition) is 1.